The first kappa shape index (κ1) is 20.8. The molecule has 1 saturated heterocycles. The van der Waals surface area contributed by atoms with Gasteiger partial charge in [-0.3, -0.25) is 4.79 Å². The maximum absolute atomic E-state index is 12.5. The maximum Gasteiger partial charge on any atom is 0.222 e. The number of rotatable bonds is 8. The fraction of sp³-hybridized carbons (Fsp3) is 0.650. The normalized spacial score (nSPS) is 17.5. The lowest BCUT2D eigenvalue weighted by Crippen LogP contribution is -2.45. The summed E-state index contributed by atoms with van der Waals surface area (Å²) < 4.78 is 10.7. The smallest absolute Gasteiger partial charge is 0.222 e. The molecule has 5 nitrogen and oxygen atoms in total. The van der Waals surface area contributed by atoms with E-state index in [0.717, 1.165) is 55.5 Å². The monoisotopic (exact) mass is 382 g/mol. The van der Waals surface area contributed by atoms with Gasteiger partial charge in [-0.1, -0.05) is 0 Å². The Morgan fingerprint density at radius 3 is 2.50 bits per heavy atom. The van der Waals surface area contributed by atoms with Crippen molar-refractivity contribution >= 4 is 18.3 Å². The number of nitrogens with zero attached hydrogens (tertiary/aromatic N) is 1. The Morgan fingerprint density at radius 1 is 1.15 bits per heavy atom. The Kier molecular flexibility index (Phi) is 8.04. The van der Waals surface area contributed by atoms with Crippen molar-refractivity contribution in [1.82, 2.24) is 10.2 Å². The van der Waals surface area contributed by atoms with Gasteiger partial charge in [0.15, 0.2) is 0 Å². The molecule has 1 heterocycles. The van der Waals surface area contributed by atoms with E-state index in [1.165, 1.54) is 12.8 Å². The highest BCUT2D eigenvalue weighted by Crippen LogP contribution is 2.28. The summed E-state index contributed by atoms with van der Waals surface area (Å²) >= 11 is 0. The third kappa shape index (κ3) is 5.78. The van der Waals surface area contributed by atoms with Crippen LogP contribution in [0, 0.1) is 5.92 Å². The number of likely N-dealkylation sites (tertiary alicyclic amines) is 1. The number of carbonyl (C=O) groups is 1. The zero-order valence-corrected chi connectivity index (χ0v) is 16.6. The van der Waals surface area contributed by atoms with Crippen LogP contribution >= 0.6 is 12.4 Å². The molecule has 2 aliphatic rings. The van der Waals surface area contributed by atoms with E-state index in [-0.39, 0.29) is 18.3 Å². The molecule has 0 radical (unpaired) electrons. The van der Waals surface area contributed by atoms with Crippen LogP contribution in [-0.2, 0) is 11.2 Å². The van der Waals surface area contributed by atoms with Gasteiger partial charge in [0.2, 0.25) is 5.91 Å². The molecule has 3 rings (SSSR count). The molecule has 0 aromatic heterocycles. The van der Waals surface area contributed by atoms with Gasteiger partial charge < -0.3 is 19.7 Å². The number of amides is 1. The van der Waals surface area contributed by atoms with Crippen molar-refractivity contribution in [2.24, 2.45) is 5.92 Å². The SMILES string of the molecule is COc1ccc(OC)c(CCC(=O)N2CCC(NCC3CC3)CC2)c1.Cl. The van der Waals surface area contributed by atoms with Gasteiger partial charge in [-0.25, -0.2) is 0 Å². The predicted octanol–water partition coefficient (Wildman–Crippen LogP) is 3.05. The van der Waals surface area contributed by atoms with Crippen molar-refractivity contribution in [3.05, 3.63) is 23.8 Å². The fourth-order valence-corrected chi connectivity index (χ4v) is 3.47. The van der Waals surface area contributed by atoms with Crippen LogP contribution < -0.4 is 14.8 Å². The molecule has 0 unspecified atom stereocenters. The minimum Gasteiger partial charge on any atom is -0.497 e. The van der Waals surface area contributed by atoms with Gasteiger partial charge in [0.1, 0.15) is 11.5 Å². The predicted molar refractivity (Wildman–Crippen MR) is 105 cm³/mol. The first-order valence-corrected chi connectivity index (χ1v) is 9.41. The summed E-state index contributed by atoms with van der Waals surface area (Å²) in [7, 11) is 3.31. The third-order valence-corrected chi connectivity index (χ3v) is 5.34. The second-order valence-electron chi connectivity index (χ2n) is 7.18. The minimum absolute atomic E-state index is 0. The Balaban J connectivity index is 0.00000243. The van der Waals surface area contributed by atoms with Crippen molar-refractivity contribution in [3.63, 3.8) is 0 Å². The number of halogens is 1. The average molecular weight is 383 g/mol. The van der Waals surface area contributed by atoms with Gasteiger partial charge in [-0.05, 0) is 68.3 Å². The van der Waals surface area contributed by atoms with Gasteiger partial charge >= 0.3 is 0 Å². The Labute approximate surface area is 162 Å². The lowest BCUT2D eigenvalue weighted by molar-refractivity contribution is -0.132. The highest BCUT2D eigenvalue weighted by atomic mass is 35.5. The van der Waals surface area contributed by atoms with E-state index in [4.69, 9.17) is 9.47 Å². The van der Waals surface area contributed by atoms with Crippen LogP contribution in [0.15, 0.2) is 18.2 Å². The van der Waals surface area contributed by atoms with E-state index in [1.807, 2.05) is 23.1 Å². The first-order valence-electron chi connectivity index (χ1n) is 9.41. The lowest BCUT2D eigenvalue weighted by Gasteiger charge is -2.32. The quantitative estimate of drug-likeness (QED) is 0.750. The molecule has 1 aliphatic heterocycles. The summed E-state index contributed by atoms with van der Waals surface area (Å²) in [6, 6.07) is 6.32. The molecular weight excluding hydrogens is 352 g/mol. The van der Waals surface area contributed by atoms with Gasteiger partial charge in [-0.2, -0.15) is 0 Å². The highest BCUT2D eigenvalue weighted by molar-refractivity contribution is 5.85. The van der Waals surface area contributed by atoms with Crippen molar-refractivity contribution in [2.45, 2.75) is 44.6 Å². The summed E-state index contributed by atoms with van der Waals surface area (Å²) in [5.41, 5.74) is 1.02. The van der Waals surface area contributed by atoms with Crippen molar-refractivity contribution < 1.29 is 14.3 Å². The van der Waals surface area contributed by atoms with E-state index in [1.54, 1.807) is 14.2 Å². The molecule has 26 heavy (non-hydrogen) atoms. The molecule has 1 aromatic carbocycles. The van der Waals surface area contributed by atoms with Gasteiger partial charge in [0.25, 0.3) is 0 Å². The summed E-state index contributed by atoms with van der Waals surface area (Å²) in [4.78, 5) is 14.6. The van der Waals surface area contributed by atoms with Crippen LogP contribution in [0.3, 0.4) is 0 Å². The third-order valence-electron chi connectivity index (χ3n) is 5.34. The number of methoxy groups -OCH3 is 2. The molecule has 1 saturated carbocycles. The molecule has 0 spiro atoms. The molecule has 146 valence electrons. The Bertz CT molecular complexity index is 584. The number of aryl methyl sites for hydroxylation is 1. The van der Waals surface area contributed by atoms with E-state index in [0.29, 0.717) is 18.9 Å². The van der Waals surface area contributed by atoms with Crippen molar-refractivity contribution in [3.8, 4) is 11.5 Å². The number of hydrogen-bond acceptors (Lipinski definition) is 4. The topological polar surface area (TPSA) is 50.8 Å². The molecule has 0 atom stereocenters. The maximum atomic E-state index is 12.5. The molecule has 6 heteroatoms. The Hall–Kier alpha value is -1.46. The average Bonchev–Trinajstić information content (AvgIpc) is 3.49. The standard InChI is InChI=1S/C20H30N2O3.ClH/c1-24-18-6-7-19(25-2)16(13-18)5-8-20(23)22-11-9-17(10-12-22)21-14-15-3-4-15;/h6-7,13,15,17,21H,3-5,8-12,14H2,1-2H3;1H. The minimum atomic E-state index is 0. The molecule has 1 N–H and O–H groups in total. The molecular formula is C20H31ClN2O3. The zero-order valence-electron chi connectivity index (χ0n) is 15.8. The largest absolute Gasteiger partial charge is 0.497 e. The van der Waals surface area contributed by atoms with Crippen LogP contribution in [0.1, 0.15) is 37.7 Å². The second kappa shape index (κ2) is 10.0. The van der Waals surface area contributed by atoms with Crippen LogP contribution in [0.4, 0.5) is 0 Å². The van der Waals surface area contributed by atoms with Crippen molar-refractivity contribution in [1.29, 1.82) is 0 Å². The highest BCUT2D eigenvalue weighted by Gasteiger charge is 2.25. The number of piperidine rings is 1. The molecule has 1 aromatic rings. The van der Waals surface area contributed by atoms with E-state index in [2.05, 4.69) is 5.32 Å². The first-order chi connectivity index (χ1) is 12.2. The van der Waals surface area contributed by atoms with E-state index in [9.17, 15) is 4.79 Å². The van der Waals surface area contributed by atoms with Crippen LogP contribution in [0.5, 0.6) is 11.5 Å². The number of hydrogen-bond donors (Lipinski definition) is 1. The Morgan fingerprint density at radius 2 is 1.88 bits per heavy atom. The van der Waals surface area contributed by atoms with Crippen LogP contribution in [0.25, 0.3) is 0 Å². The lowest BCUT2D eigenvalue weighted by atomic mass is 10.0. The number of benzene rings is 1. The van der Waals surface area contributed by atoms with E-state index < -0.39 is 0 Å². The fourth-order valence-electron chi connectivity index (χ4n) is 3.47. The van der Waals surface area contributed by atoms with Gasteiger partial charge in [-0.15, -0.1) is 12.4 Å². The molecule has 1 aliphatic carbocycles. The van der Waals surface area contributed by atoms with Crippen LogP contribution in [-0.4, -0.2) is 50.7 Å². The van der Waals surface area contributed by atoms with Crippen molar-refractivity contribution in [2.75, 3.05) is 33.9 Å². The summed E-state index contributed by atoms with van der Waals surface area (Å²) in [5.74, 6) is 2.77. The van der Waals surface area contributed by atoms with Gasteiger partial charge in [0, 0.05) is 25.6 Å². The number of nitrogens with one attached hydrogen (secondary N) is 1. The van der Waals surface area contributed by atoms with E-state index >= 15 is 0 Å². The summed E-state index contributed by atoms with van der Waals surface area (Å²) in [6.45, 7) is 2.90. The number of carbonyl (C=O) groups excluding carboxylic acids is 1. The van der Waals surface area contributed by atoms with Gasteiger partial charge in [0.05, 0.1) is 14.2 Å². The number of ether oxygens (including phenoxy) is 2. The zero-order chi connectivity index (χ0) is 17.6. The summed E-state index contributed by atoms with van der Waals surface area (Å²) in [6.07, 6.45) is 6.11. The van der Waals surface area contributed by atoms with Crippen LogP contribution in [0.2, 0.25) is 0 Å². The molecule has 1 amide bonds. The second-order valence-corrected chi connectivity index (χ2v) is 7.18. The molecule has 0 bridgehead atoms. The molecule has 2 fully saturated rings. The summed E-state index contributed by atoms with van der Waals surface area (Å²) in [5, 5.41) is 3.66.